The number of nitrogens with zero attached hydrogens (tertiary/aromatic N) is 4. The molecule has 8 heteroatoms. The van der Waals surface area contributed by atoms with Crippen molar-refractivity contribution in [3.05, 3.63) is 64.9 Å². The summed E-state index contributed by atoms with van der Waals surface area (Å²) in [5.41, 5.74) is 2.13. The van der Waals surface area contributed by atoms with Gasteiger partial charge in [-0.1, -0.05) is 24.3 Å². The zero-order valence-electron chi connectivity index (χ0n) is 13.6. The van der Waals surface area contributed by atoms with Gasteiger partial charge in [0.25, 0.3) is 5.91 Å². The first-order valence-electron chi connectivity index (χ1n) is 7.97. The molecule has 0 saturated carbocycles. The van der Waals surface area contributed by atoms with E-state index in [1.165, 1.54) is 16.2 Å². The Balaban J connectivity index is 1.65. The van der Waals surface area contributed by atoms with Crippen molar-refractivity contribution in [3.63, 3.8) is 0 Å². The molecule has 3 heterocycles. The van der Waals surface area contributed by atoms with E-state index >= 15 is 0 Å². The summed E-state index contributed by atoms with van der Waals surface area (Å²) in [4.78, 5) is 38.6. The van der Waals surface area contributed by atoms with E-state index in [1.54, 1.807) is 23.8 Å². The third-order valence-electron chi connectivity index (χ3n) is 4.27. The molecule has 0 aliphatic carbocycles. The van der Waals surface area contributed by atoms with Gasteiger partial charge in [-0.25, -0.2) is 19.7 Å². The molecule has 7 nitrogen and oxygen atoms in total. The van der Waals surface area contributed by atoms with Crippen molar-refractivity contribution >= 4 is 23.2 Å². The molecule has 1 N–H and O–H groups in total. The van der Waals surface area contributed by atoms with E-state index in [0.29, 0.717) is 10.8 Å². The average Bonchev–Trinajstić information content (AvgIpc) is 3.17. The Morgan fingerprint density at radius 1 is 1.12 bits per heavy atom. The molecule has 4 rings (SSSR count). The highest BCUT2D eigenvalue weighted by Gasteiger charge is 2.35. The van der Waals surface area contributed by atoms with Crippen LogP contribution in [0.15, 0.2) is 48.1 Å². The van der Waals surface area contributed by atoms with Crippen LogP contribution in [0.2, 0.25) is 0 Å². The van der Waals surface area contributed by atoms with Gasteiger partial charge >= 0.3 is 5.97 Å². The fourth-order valence-corrected chi connectivity index (χ4v) is 3.73. The molecule has 0 spiro atoms. The second-order valence-electron chi connectivity index (χ2n) is 5.87. The number of carbonyl (C=O) groups excluding carboxylic acids is 1. The fraction of sp³-hybridized carbons (Fsp3) is 0.167. The number of hydrogen-bond acceptors (Lipinski definition) is 6. The van der Waals surface area contributed by atoms with Crippen molar-refractivity contribution in [1.29, 1.82) is 0 Å². The molecule has 26 heavy (non-hydrogen) atoms. The summed E-state index contributed by atoms with van der Waals surface area (Å²) in [6.07, 6.45) is 3.50. The number of carbonyl (C=O) groups is 2. The first-order chi connectivity index (χ1) is 12.6. The van der Waals surface area contributed by atoms with Gasteiger partial charge in [-0.05, 0) is 17.2 Å². The molecule has 2 aromatic heterocycles. The quantitative estimate of drug-likeness (QED) is 0.764. The molecule has 0 radical (unpaired) electrons. The Labute approximate surface area is 153 Å². The number of aliphatic carboxylic acids is 1. The van der Waals surface area contributed by atoms with Crippen LogP contribution in [0.5, 0.6) is 0 Å². The average molecular weight is 366 g/mol. The number of carboxylic acid groups (broad SMARTS) is 1. The third kappa shape index (κ3) is 2.95. The molecule has 1 aliphatic heterocycles. The Morgan fingerprint density at radius 3 is 2.58 bits per heavy atom. The van der Waals surface area contributed by atoms with Crippen molar-refractivity contribution < 1.29 is 14.7 Å². The monoisotopic (exact) mass is 366 g/mol. The first kappa shape index (κ1) is 16.3. The van der Waals surface area contributed by atoms with E-state index in [2.05, 4.69) is 15.0 Å². The van der Waals surface area contributed by atoms with Crippen LogP contribution in [-0.2, 0) is 17.8 Å². The topological polar surface area (TPSA) is 96.3 Å². The van der Waals surface area contributed by atoms with Crippen molar-refractivity contribution in [3.8, 4) is 10.8 Å². The smallest absolute Gasteiger partial charge is 0.326 e. The number of amides is 1. The van der Waals surface area contributed by atoms with Gasteiger partial charge in [-0.15, -0.1) is 11.3 Å². The van der Waals surface area contributed by atoms with E-state index in [4.69, 9.17) is 0 Å². The Kier molecular flexibility index (Phi) is 4.18. The molecule has 130 valence electrons. The second-order valence-corrected chi connectivity index (χ2v) is 6.73. The van der Waals surface area contributed by atoms with Crippen LogP contribution in [0, 0.1) is 0 Å². The summed E-state index contributed by atoms with van der Waals surface area (Å²) >= 11 is 1.26. The van der Waals surface area contributed by atoms with E-state index in [-0.39, 0.29) is 18.7 Å². The lowest BCUT2D eigenvalue weighted by atomic mass is 9.94. The maximum absolute atomic E-state index is 12.9. The number of hydrogen-bond donors (Lipinski definition) is 1. The lowest BCUT2D eigenvalue weighted by Crippen LogP contribution is -2.48. The predicted octanol–water partition coefficient (Wildman–Crippen LogP) is 2.25. The van der Waals surface area contributed by atoms with Gasteiger partial charge < -0.3 is 10.0 Å². The minimum absolute atomic E-state index is 0.211. The molecular weight excluding hydrogens is 352 g/mol. The van der Waals surface area contributed by atoms with Gasteiger partial charge in [-0.3, -0.25) is 4.79 Å². The van der Waals surface area contributed by atoms with Crippen molar-refractivity contribution in [1.82, 2.24) is 19.9 Å². The molecule has 0 bridgehead atoms. The number of benzene rings is 1. The van der Waals surface area contributed by atoms with Crippen LogP contribution in [0.1, 0.15) is 21.6 Å². The highest BCUT2D eigenvalue weighted by molar-refractivity contribution is 7.13. The summed E-state index contributed by atoms with van der Waals surface area (Å²) in [6, 6.07) is 8.37. The fourth-order valence-electron chi connectivity index (χ4n) is 2.99. The number of fused-ring (bicyclic) bond motifs is 1. The summed E-state index contributed by atoms with van der Waals surface area (Å²) in [7, 11) is 0. The Hall–Kier alpha value is -3.13. The molecule has 1 amide bonds. The molecule has 3 aromatic rings. The number of carboxylic acids is 1. The maximum Gasteiger partial charge on any atom is 0.326 e. The van der Waals surface area contributed by atoms with Gasteiger partial charge in [0, 0.05) is 30.7 Å². The molecule has 1 atom stereocenters. The molecule has 0 saturated heterocycles. The van der Waals surface area contributed by atoms with Crippen LogP contribution in [0.3, 0.4) is 0 Å². The van der Waals surface area contributed by atoms with E-state index in [1.807, 2.05) is 24.3 Å². The van der Waals surface area contributed by atoms with Crippen LogP contribution < -0.4 is 0 Å². The van der Waals surface area contributed by atoms with E-state index < -0.39 is 17.9 Å². The van der Waals surface area contributed by atoms with Crippen LogP contribution in [-0.4, -0.2) is 42.9 Å². The van der Waals surface area contributed by atoms with Crippen molar-refractivity contribution in [2.75, 3.05) is 0 Å². The zero-order chi connectivity index (χ0) is 18.1. The van der Waals surface area contributed by atoms with Gasteiger partial charge in [-0.2, -0.15) is 0 Å². The Bertz CT molecular complexity index is 973. The van der Waals surface area contributed by atoms with Gasteiger partial charge in [0.2, 0.25) is 0 Å². The molecule has 1 aromatic carbocycles. The SMILES string of the molecule is O=C(O)C1Cc2ccccc2CN1C(=O)c1csc(-c2ncccn2)n1. The summed E-state index contributed by atoms with van der Waals surface area (Å²) in [5, 5.41) is 11.7. The number of thiazole rings is 1. The third-order valence-corrected chi connectivity index (χ3v) is 5.11. The van der Waals surface area contributed by atoms with Crippen LogP contribution in [0.4, 0.5) is 0 Å². The molecule has 1 unspecified atom stereocenters. The van der Waals surface area contributed by atoms with Gasteiger partial charge in [0.15, 0.2) is 10.8 Å². The molecular formula is C18H14N4O3S. The first-order valence-corrected chi connectivity index (χ1v) is 8.85. The van der Waals surface area contributed by atoms with Gasteiger partial charge in [0.1, 0.15) is 11.7 Å². The summed E-state index contributed by atoms with van der Waals surface area (Å²) in [5.74, 6) is -0.977. The van der Waals surface area contributed by atoms with Crippen LogP contribution in [0.25, 0.3) is 10.8 Å². The van der Waals surface area contributed by atoms with Crippen molar-refractivity contribution in [2.24, 2.45) is 0 Å². The minimum atomic E-state index is -1.02. The zero-order valence-corrected chi connectivity index (χ0v) is 14.4. The normalized spacial score (nSPS) is 16.2. The molecule has 1 aliphatic rings. The standard InChI is InChI=1S/C18H14N4O3S/c23-17(13-10-26-16(21-13)15-19-6-3-7-20-15)22-9-12-5-2-1-4-11(12)8-14(22)18(24)25/h1-7,10,14H,8-9H2,(H,24,25). The minimum Gasteiger partial charge on any atom is -0.480 e. The predicted molar refractivity (Wildman–Crippen MR) is 94.6 cm³/mol. The summed E-state index contributed by atoms with van der Waals surface area (Å²) in [6.45, 7) is 0.251. The maximum atomic E-state index is 12.9. The lowest BCUT2D eigenvalue weighted by Gasteiger charge is -2.34. The highest BCUT2D eigenvalue weighted by atomic mass is 32.1. The second kappa shape index (κ2) is 6.64. The van der Waals surface area contributed by atoms with Gasteiger partial charge in [0.05, 0.1) is 0 Å². The van der Waals surface area contributed by atoms with E-state index in [9.17, 15) is 14.7 Å². The van der Waals surface area contributed by atoms with Crippen molar-refractivity contribution in [2.45, 2.75) is 19.0 Å². The number of rotatable bonds is 3. The highest BCUT2D eigenvalue weighted by Crippen LogP contribution is 2.27. The van der Waals surface area contributed by atoms with Crippen LogP contribution >= 0.6 is 11.3 Å². The largest absolute Gasteiger partial charge is 0.480 e. The molecule has 0 fully saturated rings. The lowest BCUT2D eigenvalue weighted by molar-refractivity contribution is -0.142. The summed E-state index contributed by atoms with van der Waals surface area (Å²) < 4.78 is 0. The van der Waals surface area contributed by atoms with E-state index in [0.717, 1.165) is 11.1 Å². The Morgan fingerprint density at radius 2 is 1.85 bits per heavy atom. The number of aromatic nitrogens is 3.